The molecule has 0 spiro atoms. The number of hydrogen-bond donors (Lipinski definition) is 1. The largest absolute Gasteiger partial charge is 0.387 e. The smallest absolute Gasteiger partial charge is 0.0945 e. The first-order chi connectivity index (χ1) is 9.33. The topological polar surface area (TPSA) is 23.5 Å². The fraction of sp³-hybridized carbons (Fsp3) is 0.647. The van der Waals surface area contributed by atoms with Gasteiger partial charge in [-0.2, -0.15) is 0 Å². The summed E-state index contributed by atoms with van der Waals surface area (Å²) >= 11 is 0. The minimum absolute atomic E-state index is 0.302. The quantitative estimate of drug-likeness (QED) is 0.755. The highest BCUT2D eigenvalue weighted by Gasteiger charge is 2.28. The summed E-state index contributed by atoms with van der Waals surface area (Å²) in [4.78, 5) is 2.49. The minimum atomic E-state index is -0.337. The van der Waals surface area contributed by atoms with Crippen molar-refractivity contribution >= 4 is 0 Å². The number of hydrogen-bond acceptors (Lipinski definition) is 2. The van der Waals surface area contributed by atoms with Gasteiger partial charge in [-0.25, -0.2) is 0 Å². The van der Waals surface area contributed by atoms with Crippen LogP contribution in [-0.2, 0) is 0 Å². The van der Waals surface area contributed by atoms with Crippen LogP contribution in [-0.4, -0.2) is 29.1 Å². The van der Waals surface area contributed by atoms with Gasteiger partial charge >= 0.3 is 0 Å². The average molecular weight is 261 g/mol. The Morgan fingerprint density at radius 3 is 2.42 bits per heavy atom. The van der Waals surface area contributed by atoms with Crippen molar-refractivity contribution < 1.29 is 5.11 Å². The summed E-state index contributed by atoms with van der Waals surface area (Å²) in [7, 11) is 0. The maximum atomic E-state index is 10.7. The minimum Gasteiger partial charge on any atom is -0.387 e. The van der Waals surface area contributed by atoms with Gasteiger partial charge in [0.15, 0.2) is 0 Å². The Morgan fingerprint density at radius 1 is 1.11 bits per heavy atom. The molecule has 1 heterocycles. The van der Waals surface area contributed by atoms with Crippen LogP contribution in [0.1, 0.15) is 57.1 Å². The molecular weight excluding hydrogens is 234 g/mol. The molecule has 1 aliphatic heterocycles. The Morgan fingerprint density at radius 2 is 1.79 bits per heavy atom. The molecule has 2 heteroatoms. The summed E-state index contributed by atoms with van der Waals surface area (Å²) < 4.78 is 0. The lowest BCUT2D eigenvalue weighted by Gasteiger charge is -2.32. The van der Waals surface area contributed by atoms with Gasteiger partial charge in [-0.05, 0) is 37.9 Å². The third kappa shape index (κ3) is 4.05. The summed E-state index contributed by atoms with van der Waals surface area (Å²) in [5, 5.41) is 10.7. The van der Waals surface area contributed by atoms with Gasteiger partial charge in [0.1, 0.15) is 0 Å². The number of rotatable bonds is 7. The Bertz CT molecular complexity index is 346. The van der Waals surface area contributed by atoms with Gasteiger partial charge < -0.3 is 5.11 Å². The monoisotopic (exact) mass is 261 g/mol. The van der Waals surface area contributed by atoms with Gasteiger partial charge in [-0.15, -0.1) is 0 Å². The fourth-order valence-electron chi connectivity index (χ4n) is 3.09. The van der Waals surface area contributed by atoms with Gasteiger partial charge in [0, 0.05) is 6.04 Å². The summed E-state index contributed by atoms with van der Waals surface area (Å²) in [6.45, 7) is 4.54. The van der Waals surface area contributed by atoms with Crippen LogP contribution in [0.4, 0.5) is 0 Å². The van der Waals surface area contributed by atoms with Crippen LogP contribution in [0.2, 0.25) is 0 Å². The van der Waals surface area contributed by atoms with E-state index in [4.69, 9.17) is 0 Å². The van der Waals surface area contributed by atoms with Crippen LogP contribution >= 0.6 is 0 Å². The predicted molar refractivity (Wildman–Crippen MR) is 80.1 cm³/mol. The number of aliphatic hydroxyl groups excluding tert-OH is 1. The van der Waals surface area contributed by atoms with E-state index in [-0.39, 0.29) is 6.10 Å². The fourth-order valence-corrected chi connectivity index (χ4v) is 3.09. The molecule has 2 unspecified atom stereocenters. The summed E-state index contributed by atoms with van der Waals surface area (Å²) in [6, 6.07) is 10.5. The highest BCUT2D eigenvalue weighted by atomic mass is 16.3. The normalized spacial score (nSPS) is 19.5. The second kappa shape index (κ2) is 7.66. The molecule has 0 radical (unpaired) electrons. The summed E-state index contributed by atoms with van der Waals surface area (Å²) in [5.41, 5.74) is 1.07. The molecule has 19 heavy (non-hydrogen) atoms. The first-order valence-corrected chi connectivity index (χ1v) is 7.80. The predicted octanol–water partition coefficient (Wildman–Crippen LogP) is 3.76. The Hall–Kier alpha value is -0.860. The van der Waals surface area contributed by atoms with Crippen molar-refractivity contribution in [3.05, 3.63) is 35.9 Å². The van der Waals surface area contributed by atoms with Crippen LogP contribution in [0.5, 0.6) is 0 Å². The zero-order chi connectivity index (χ0) is 13.5. The second-order valence-corrected chi connectivity index (χ2v) is 5.66. The van der Waals surface area contributed by atoms with Crippen molar-refractivity contribution in [3.8, 4) is 0 Å². The van der Waals surface area contributed by atoms with Crippen molar-refractivity contribution in [1.29, 1.82) is 0 Å². The molecule has 1 aliphatic rings. The maximum Gasteiger partial charge on any atom is 0.0945 e. The zero-order valence-corrected chi connectivity index (χ0v) is 12.1. The Labute approximate surface area is 117 Å². The van der Waals surface area contributed by atoms with Crippen LogP contribution in [0, 0.1) is 0 Å². The molecule has 0 saturated carbocycles. The van der Waals surface area contributed by atoms with E-state index >= 15 is 0 Å². The third-order valence-corrected chi connectivity index (χ3v) is 4.22. The number of aliphatic hydroxyl groups is 1. The lowest BCUT2D eigenvalue weighted by atomic mass is 9.96. The molecule has 2 atom stereocenters. The molecule has 2 nitrogen and oxygen atoms in total. The Kier molecular flexibility index (Phi) is 5.87. The van der Waals surface area contributed by atoms with Gasteiger partial charge in [0.05, 0.1) is 6.10 Å². The van der Waals surface area contributed by atoms with E-state index in [1.165, 1.54) is 32.1 Å². The van der Waals surface area contributed by atoms with E-state index in [1.807, 2.05) is 30.3 Å². The number of nitrogens with zero attached hydrogens (tertiary/aromatic N) is 1. The van der Waals surface area contributed by atoms with Crippen LogP contribution < -0.4 is 0 Å². The van der Waals surface area contributed by atoms with Gasteiger partial charge in [-0.3, -0.25) is 4.90 Å². The standard InChI is InChI=1S/C17H27NO/c1-2-3-5-12-16(18-13-8-9-14-18)17(19)15-10-6-4-7-11-15/h4,6-7,10-11,16-17,19H,2-3,5,8-9,12-14H2,1H3. The van der Waals surface area contributed by atoms with Crippen LogP contribution in [0.25, 0.3) is 0 Å². The molecule has 1 fully saturated rings. The molecule has 0 bridgehead atoms. The van der Waals surface area contributed by atoms with E-state index in [9.17, 15) is 5.11 Å². The molecule has 1 aromatic carbocycles. The van der Waals surface area contributed by atoms with Crippen LogP contribution in [0.3, 0.4) is 0 Å². The molecule has 106 valence electrons. The molecular formula is C17H27NO. The summed E-state index contributed by atoms with van der Waals surface area (Å²) in [5.74, 6) is 0. The SMILES string of the molecule is CCCCCC(C(O)c1ccccc1)N1CCCC1. The molecule has 1 aromatic rings. The van der Waals surface area contributed by atoms with Gasteiger partial charge in [0.25, 0.3) is 0 Å². The lowest BCUT2D eigenvalue weighted by Crippen LogP contribution is -2.37. The maximum absolute atomic E-state index is 10.7. The zero-order valence-electron chi connectivity index (χ0n) is 12.1. The van der Waals surface area contributed by atoms with E-state index in [0.717, 1.165) is 25.1 Å². The molecule has 2 rings (SSSR count). The van der Waals surface area contributed by atoms with Crippen molar-refractivity contribution in [2.75, 3.05) is 13.1 Å². The number of likely N-dealkylation sites (tertiary alicyclic amines) is 1. The lowest BCUT2D eigenvalue weighted by molar-refractivity contribution is 0.0547. The van der Waals surface area contributed by atoms with Gasteiger partial charge in [-0.1, -0.05) is 56.5 Å². The Balaban J connectivity index is 2.02. The van der Waals surface area contributed by atoms with E-state index in [1.54, 1.807) is 0 Å². The highest BCUT2D eigenvalue weighted by molar-refractivity contribution is 5.19. The number of benzene rings is 1. The molecule has 0 aromatic heterocycles. The molecule has 1 N–H and O–H groups in total. The second-order valence-electron chi connectivity index (χ2n) is 5.66. The van der Waals surface area contributed by atoms with E-state index in [2.05, 4.69) is 11.8 Å². The molecule has 0 amide bonds. The molecule has 1 saturated heterocycles. The van der Waals surface area contributed by atoms with Crippen molar-refractivity contribution in [3.63, 3.8) is 0 Å². The third-order valence-electron chi connectivity index (χ3n) is 4.22. The average Bonchev–Trinajstić information content (AvgIpc) is 2.98. The summed E-state index contributed by atoms with van der Waals surface area (Å²) in [6.07, 6.45) is 7.08. The molecule has 0 aliphatic carbocycles. The van der Waals surface area contributed by atoms with E-state index < -0.39 is 0 Å². The van der Waals surface area contributed by atoms with Crippen LogP contribution in [0.15, 0.2) is 30.3 Å². The van der Waals surface area contributed by atoms with Crippen molar-refractivity contribution in [2.24, 2.45) is 0 Å². The highest BCUT2D eigenvalue weighted by Crippen LogP contribution is 2.27. The first-order valence-electron chi connectivity index (χ1n) is 7.80. The first kappa shape index (κ1) is 14.5. The van der Waals surface area contributed by atoms with E-state index in [0.29, 0.717) is 6.04 Å². The van der Waals surface area contributed by atoms with Gasteiger partial charge in [0.2, 0.25) is 0 Å². The van der Waals surface area contributed by atoms with Crippen molar-refractivity contribution in [1.82, 2.24) is 4.90 Å². The number of unbranched alkanes of at least 4 members (excludes halogenated alkanes) is 2. The van der Waals surface area contributed by atoms with Crippen molar-refractivity contribution in [2.45, 2.75) is 57.6 Å².